The molecule has 0 radical (unpaired) electrons. The standard InChI is InChI=1S/C15H16FNO3/c1-15(7-3-9-20-15)14(19)17-12-6-5-11(4-2-8-18)13(16)10-12/h5-6,10,18H,3,7-9H2,1H3,(H,17,19). The van der Waals surface area contributed by atoms with Crippen LogP contribution in [0.4, 0.5) is 10.1 Å². The monoisotopic (exact) mass is 277 g/mol. The van der Waals surface area contributed by atoms with Crippen molar-refractivity contribution in [3.63, 3.8) is 0 Å². The second-order valence-electron chi connectivity index (χ2n) is 4.79. The molecule has 5 heteroatoms. The number of rotatable bonds is 2. The first-order valence-corrected chi connectivity index (χ1v) is 6.40. The fourth-order valence-corrected chi connectivity index (χ4v) is 2.05. The molecule has 0 saturated carbocycles. The molecule has 4 nitrogen and oxygen atoms in total. The van der Waals surface area contributed by atoms with Crippen LogP contribution in [0.15, 0.2) is 18.2 Å². The van der Waals surface area contributed by atoms with E-state index in [0.717, 1.165) is 6.42 Å². The van der Waals surface area contributed by atoms with Crippen LogP contribution in [0.2, 0.25) is 0 Å². The van der Waals surface area contributed by atoms with Gasteiger partial charge in [-0.05, 0) is 38.0 Å². The van der Waals surface area contributed by atoms with E-state index in [-0.39, 0.29) is 18.1 Å². The van der Waals surface area contributed by atoms with Crippen LogP contribution in [0.3, 0.4) is 0 Å². The van der Waals surface area contributed by atoms with Crippen molar-refractivity contribution in [3.8, 4) is 11.8 Å². The van der Waals surface area contributed by atoms with Gasteiger partial charge in [-0.25, -0.2) is 4.39 Å². The Kier molecular flexibility index (Phi) is 4.38. The van der Waals surface area contributed by atoms with Crippen molar-refractivity contribution in [3.05, 3.63) is 29.6 Å². The maximum Gasteiger partial charge on any atom is 0.256 e. The zero-order chi connectivity index (χ0) is 14.6. The minimum atomic E-state index is -0.841. The highest BCUT2D eigenvalue weighted by Crippen LogP contribution is 2.26. The molecule has 2 rings (SSSR count). The first-order chi connectivity index (χ1) is 9.55. The Balaban J connectivity index is 2.10. The Hall–Kier alpha value is -1.90. The van der Waals surface area contributed by atoms with E-state index < -0.39 is 11.4 Å². The second kappa shape index (κ2) is 6.04. The molecule has 1 aliphatic rings. The van der Waals surface area contributed by atoms with Crippen molar-refractivity contribution in [2.24, 2.45) is 0 Å². The summed E-state index contributed by atoms with van der Waals surface area (Å²) in [6, 6.07) is 4.24. The Morgan fingerprint density at radius 1 is 1.60 bits per heavy atom. The number of ether oxygens (including phenoxy) is 1. The summed E-state index contributed by atoms with van der Waals surface area (Å²) < 4.78 is 19.2. The average Bonchev–Trinajstić information content (AvgIpc) is 2.86. The van der Waals surface area contributed by atoms with E-state index in [1.54, 1.807) is 13.0 Å². The molecule has 1 fully saturated rings. The van der Waals surface area contributed by atoms with Gasteiger partial charge in [0.25, 0.3) is 5.91 Å². The first-order valence-electron chi connectivity index (χ1n) is 6.40. The lowest BCUT2D eigenvalue weighted by molar-refractivity contribution is -0.133. The van der Waals surface area contributed by atoms with Crippen LogP contribution in [0.1, 0.15) is 25.3 Å². The smallest absolute Gasteiger partial charge is 0.256 e. The highest BCUT2D eigenvalue weighted by atomic mass is 19.1. The molecule has 20 heavy (non-hydrogen) atoms. The molecule has 1 aromatic rings. The summed E-state index contributed by atoms with van der Waals surface area (Å²) in [4.78, 5) is 12.1. The molecule has 0 spiro atoms. The fraction of sp³-hybridized carbons (Fsp3) is 0.400. The molecule has 2 N–H and O–H groups in total. The van der Waals surface area contributed by atoms with Crippen LogP contribution < -0.4 is 5.32 Å². The van der Waals surface area contributed by atoms with E-state index >= 15 is 0 Å². The number of amides is 1. The number of benzene rings is 1. The number of carbonyl (C=O) groups excluding carboxylic acids is 1. The molecule has 1 saturated heterocycles. The highest BCUT2D eigenvalue weighted by Gasteiger charge is 2.37. The lowest BCUT2D eigenvalue weighted by Crippen LogP contribution is -2.39. The van der Waals surface area contributed by atoms with Gasteiger partial charge in [0.1, 0.15) is 18.0 Å². The zero-order valence-electron chi connectivity index (χ0n) is 11.2. The normalized spacial score (nSPS) is 21.1. The minimum absolute atomic E-state index is 0.181. The van der Waals surface area contributed by atoms with E-state index in [9.17, 15) is 9.18 Å². The summed E-state index contributed by atoms with van der Waals surface area (Å²) in [6.45, 7) is 1.97. The predicted octanol–water partition coefficient (Wildman–Crippen LogP) is 1.68. The minimum Gasteiger partial charge on any atom is -0.384 e. The zero-order valence-corrected chi connectivity index (χ0v) is 11.2. The molecule has 1 atom stereocenters. The largest absolute Gasteiger partial charge is 0.384 e. The van der Waals surface area contributed by atoms with Gasteiger partial charge < -0.3 is 15.2 Å². The maximum atomic E-state index is 13.7. The van der Waals surface area contributed by atoms with Gasteiger partial charge in [-0.1, -0.05) is 11.8 Å². The molecular formula is C15H16FNO3. The van der Waals surface area contributed by atoms with E-state index in [1.807, 2.05) is 0 Å². The number of hydrogen-bond acceptors (Lipinski definition) is 3. The molecule has 1 aliphatic heterocycles. The summed E-state index contributed by atoms with van der Waals surface area (Å²) in [7, 11) is 0. The van der Waals surface area contributed by atoms with Crippen LogP contribution in [0, 0.1) is 17.7 Å². The Morgan fingerprint density at radius 2 is 2.40 bits per heavy atom. The molecule has 1 amide bonds. The van der Waals surface area contributed by atoms with Crippen molar-refractivity contribution in [2.75, 3.05) is 18.5 Å². The predicted molar refractivity (Wildman–Crippen MR) is 72.6 cm³/mol. The number of carbonyl (C=O) groups is 1. The van der Waals surface area contributed by atoms with E-state index in [2.05, 4.69) is 17.2 Å². The molecule has 1 unspecified atom stereocenters. The van der Waals surface area contributed by atoms with Gasteiger partial charge in [0.15, 0.2) is 0 Å². The van der Waals surface area contributed by atoms with Crippen LogP contribution >= 0.6 is 0 Å². The summed E-state index contributed by atoms with van der Waals surface area (Å²) in [5.74, 6) is 4.05. The van der Waals surface area contributed by atoms with Crippen molar-refractivity contribution in [1.82, 2.24) is 0 Å². The van der Waals surface area contributed by atoms with Gasteiger partial charge >= 0.3 is 0 Å². The third-order valence-electron chi connectivity index (χ3n) is 3.23. The van der Waals surface area contributed by atoms with Gasteiger partial charge in [0.05, 0.1) is 5.56 Å². The number of aliphatic hydroxyl groups is 1. The molecule has 0 aliphatic carbocycles. The summed E-state index contributed by atoms with van der Waals surface area (Å²) >= 11 is 0. The quantitative estimate of drug-likeness (QED) is 0.809. The summed E-state index contributed by atoms with van der Waals surface area (Å²) in [5, 5.41) is 11.2. The lowest BCUT2D eigenvalue weighted by atomic mass is 10.0. The van der Waals surface area contributed by atoms with Crippen molar-refractivity contribution in [1.29, 1.82) is 0 Å². The number of halogens is 1. The molecular weight excluding hydrogens is 261 g/mol. The topological polar surface area (TPSA) is 58.6 Å². The third-order valence-corrected chi connectivity index (χ3v) is 3.23. The van der Waals surface area contributed by atoms with Crippen LogP contribution in [-0.4, -0.2) is 29.8 Å². The third kappa shape index (κ3) is 3.16. The lowest BCUT2D eigenvalue weighted by Gasteiger charge is -2.21. The molecule has 1 aromatic carbocycles. The van der Waals surface area contributed by atoms with Crippen LogP contribution in [-0.2, 0) is 9.53 Å². The average molecular weight is 277 g/mol. The van der Waals surface area contributed by atoms with Crippen molar-refractivity contribution in [2.45, 2.75) is 25.4 Å². The van der Waals surface area contributed by atoms with Gasteiger partial charge in [-0.3, -0.25) is 4.79 Å². The molecule has 106 valence electrons. The molecule has 0 bridgehead atoms. The van der Waals surface area contributed by atoms with Crippen LogP contribution in [0.5, 0.6) is 0 Å². The van der Waals surface area contributed by atoms with Crippen LogP contribution in [0.25, 0.3) is 0 Å². The Bertz CT molecular complexity index is 568. The number of hydrogen-bond donors (Lipinski definition) is 2. The van der Waals surface area contributed by atoms with Gasteiger partial charge in [-0.2, -0.15) is 0 Å². The van der Waals surface area contributed by atoms with Gasteiger partial charge in [-0.15, -0.1) is 0 Å². The fourth-order valence-electron chi connectivity index (χ4n) is 2.05. The van der Waals surface area contributed by atoms with Crippen molar-refractivity contribution >= 4 is 11.6 Å². The second-order valence-corrected chi connectivity index (χ2v) is 4.79. The maximum absolute atomic E-state index is 13.7. The summed E-state index contributed by atoms with van der Waals surface area (Å²) in [6.07, 6.45) is 1.50. The molecule has 1 heterocycles. The molecule has 0 aromatic heterocycles. The number of nitrogens with one attached hydrogen (secondary N) is 1. The number of anilines is 1. The van der Waals surface area contributed by atoms with E-state index in [1.165, 1.54) is 12.1 Å². The van der Waals surface area contributed by atoms with Crippen molar-refractivity contribution < 1.29 is 19.0 Å². The highest BCUT2D eigenvalue weighted by molar-refractivity contribution is 5.97. The number of aliphatic hydroxyl groups excluding tert-OH is 1. The Morgan fingerprint density at radius 3 is 3.00 bits per heavy atom. The Labute approximate surface area is 116 Å². The van der Waals surface area contributed by atoms with E-state index in [0.29, 0.717) is 18.7 Å². The van der Waals surface area contributed by atoms with Gasteiger partial charge in [0.2, 0.25) is 0 Å². The van der Waals surface area contributed by atoms with Gasteiger partial charge in [0, 0.05) is 12.3 Å². The van der Waals surface area contributed by atoms with E-state index in [4.69, 9.17) is 9.84 Å². The SMILES string of the molecule is CC1(C(=O)Nc2ccc(C#CCO)c(F)c2)CCCO1. The first kappa shape index (κ1) is 14.5. The summed E-state index contributed by atoms with van der Waals surface area (Å²) in [5.41, 5.74) is -0.301.